The van der Waals surface area contributed by atoms with E-state index in [1.54, 1.807) is 18.4 Å². The van der Waals surface area contributed by atoms with Gasteiger partial charge in [0.2, 0.25) is 0 Å². The number of methoxy groups -OCH3 is 1. The summed E-state index contributed by atoms with van der Waals surface area (Å²) in [6.07, 6.45) is 2.50. The Morgan fingerprint density at radius 3 is 2.83 bits per heavy atom. The van der Waals surface area contributed by atoms with Gasteiger partial charge in [-0.15, -0.1) is 11.3 Å². The molecule has 4 heteroatoms. The topological polar surface area (TPSA) is 48.1 Å². The summed E-state index contributed by atoms with van der Waals surface area (Å²) in [5, 5.41) is 1.02. The standard InChI is InChI=1S/C14H16N2OS/c1-17-11-5-3-2-4-10(11)14-16-13(9-6-7-9)12(8-15)18-14/h2-5,9H,6-8,15H2,1H3. The molecule has 3 rings (SSSR count). The summed E-state index contributed by atoms with van der Waals surface area (Å²) in [4.78, 5) is 6.00. The maximum absolute atomic E-state index is 5.82. The molecule has 1 heterocycles. The zero-order valence-electron chi connectivity index (χ0n) is 10.3. The van der Waals surface area contributed by atoms with Crippen molar-refractivity contribution in [2.75, 3.05) is 7.11 Å². The monoisotopic (exact) mass is 260 g/mol. The van der Waals surface area contributed by atoms with Crippen molar-refractivity contribution in [2.45, 2.75) is 25.3 Å². The lowest BCUT2D eigenvalue weighted by molar-refractivity contribution is 0.416. The fourth-order valence-corrected chi connectivity index (χ4v) is 3.18. The molecule has 0 bridgehead atoms. The molecule has 0 radical (unpaired) electrons. The summed E-state index contributed by atoms with van der Waals surface area (Å²) in [6, 6.07) is 8.00. The van der Waals surface area contributed by atoms with Crippen LogP contribution in [0.1, 0.15) is 29.3 Å². The van der Waals surface area contributed by atoms with Gasteiger partial charge in [-0.3, -0.25) is 0 Å². The average Bonchev–Trinajstić information content (AvgIpc) is 3.18. The lowest BCUT2D eigenvalue weighted by Gasteiger charge is -2.04. The Hall–Kier alpha value is -1.39. The summed E-state index contributed by atoms with van der Waals surface area (Å²) in [7, 11) is 1.69. The SMILES string of the molecule is COc1ccccc1-c1nc(C2CC2)c(CN)s1. The van der Waals surface area contributed by atoms with Gasteiger partial charge in [-0.1, -0.05) is 12.1 Å². The number of nitrogens with two attached hydrogens (primary N) is 1. The van der Waals surface area contributed by atoms with Crippen LogP contribution in [0.4, 0.5) is 0 Å². The highest BCUT2D eigenvalue weighted by Crippen LogP contribution is 2.45. The molecule has 1 aliphatic rings. The van der Waals surface area contributed by atoms with Gasteiger partial charge in [-0.2, -0.15) is 0 Å². The van der Waals surface area contributed by atoms with Gasteiger partial charge in [-0.05, 0) is 25.0 Å². The number of hydrogen-bond acceptors (Lipinski definition) is 4. The second-order valence-corrected chi connectivity index (χ2v) is 5.59. The molecule has 0 aliphatic heterocycles. The van der Waals surface area contributed by atoms with E-state index in [9.17, 15) is 0 Å². The molecular formula is C14H16N2OS. The molecule has 1 aliphatic carbocycles. The first kappa shape index (κ1) is 11.7. The van der Waals surface area contributed by atoms with Crippen LogP contribution in [-0.4, -0.2) is 12.1 Å². The zero-order chi connectivity index (χ0) is 12.5. The Bertz CT molecular complexity index is 561. The van der Waals surface area contributed by atoms with Gasteiger partial charge in [0.05, 0.1) is 18.4 Å². The molecule has 1 aromatic heterocycles. The fourth-order valence-electron chi connectivity index (χ4n) is 2.12. The number of para-hydroxylation sites is 1. The number of benzene rings is 1. The molecule has 18 heavy (non-hydrogen) atoms. The van der Waals surface area contributed by atoms with Gasteiger partial charge in [0.1, 0.15) is 10.8 Å². The average molecular weight is 260 g/mol. The van der Waals surface area contributed by atoms with Crippen LogP contribution in [0.5, 0.6) is 5.75 Å². The minimum Gasteiger partial charge on any atom is -0.496 e. The van der Waals surface area contributed by atoms with Crippen molar-refractivity contribution < 1.29 is 4.74 Å². The molecule has 3 nitrogen and oxygen atoms in total. The predicted octanol–water partition coefficient (Wildman–Crippen LogP) is 3.15. The van der Waals surface area contributed by atoms with E-state index < -0.39 is 0 Å². The number of nitrogens with zero attached hydrogens (tertiary/aromatic N) is 1. The van der Waals surface area contributed by atoms with Gasteiger partial charge in [0.25, 0.3) is 0 Å². The smallest absolute Gasteiger partial charge is 0.129 e. The first-order chi connectivity index (χ1) is 8.83. The number of hydrogen-bond donors (Lipinski definition) is 1. The van der Waals surface area contributed by atoms with Crippen LogP contribution in [0.3, 0.4) is 0 Å². The summed E-state index contributed by atoms with van der Waals surface area (Å²) >= 11 is 1.69. The Labute approximate surface area is 111 Å². The second-order valence-electron chi connectivity index (χ2n) is 4.51. The molecule has 2 aromatic rings. The van der Waals surface area contributed by atoms with Crippen LogP contribution in [0, 0.1) is 0 Å². The third-order valence-electron chi connectivity index (χ3n) is 3.21. The highest BCUT2D eigenvalue weighted by molar-refractivity contribution is 7.15. The maximum atomic E-state index is 5.82. The van der Waals surface area contributed by atoms with E-state index >= 15 is 0 Å². The van der Waals surface area contributed by atoms with E-state index in [0.29, 0.717) is 12.5 Å². The molecule has 2 N–H and O–H groups in total. The molecule has 0 saturated heterocycles. The van der Waals surface area contributed by atoms with E-state index in [2.05, 4.69) is 6.07 Å². The summed E-state index contributed by atoms with van der Waals surface area (Å²) in [6.45, 7) is 0.582. The summed E-state index contributed by atoms with van der Waals surface area (Å²) in [5.74, 6) is 1.51. The molecule has 0 unspecified atom stereocenters. The molecule has 94 valence electrons. The molecule has 1 fully saturated rings. The number of rotatable bonds is 4. The predicted molar refractivity (Wildman–Crippen MR) is 74.0 cm³/mol. The van der Waals surface area contributed by atoms with E-state index in [1.807, 2.05) is 18.2 Å². The quantitative estimate of drug-likeness (QED) is 0.918. The van der Waals surface area contributed by atoms with Crippen LogP contribution in [0.25, 0.3) is 10.6 Å². The van der Waals surface area contributed by atoms with Crippen LogP contribution in [0.2, 0.25) is 0 Å². The molecule has 1 aromatic carbocycles. The van der Waals surface area contributed by atoms with Gasteiger partial charge in [-0.25, -0.2) is 4.98 Å². The van der Waals surface area contributed by atoms with E-state index in [-0.39, 0.29) is 0 Å². The summed E-state index contributed by atoms with van der Waals surface area (Å²) in [5.41, 5.74) is 8.09. The van der Waals surface area contributed by atoms with Crippen molar-refractivity contribution in [3.8, 4) is 16.3 Å². The molecule has 0 spiro atoms. The highest BCUT2D eigenvalue weighted by Gasteiger charge is 2.29. The normalized spacial score (nSPS) is 14.8. The lowest BCUT2D eigenvalue weighted by Crippen LogP contribution is -1.96. The van der Waals surface area contributed by atoms with Gasteiger partial charge < -0.3 is 10.5 Å². The first-order valence-corrected chi connectivity index (χ1v) is 6.98. The molecule has 0 amide bonds. The van der Waals surface area contributed by atoms with Crippen molar-refractivity contribution in [1.29, 1.82) is 0 Å². The molecule has 0 atom stereocenters. The molecular weight excluding hydrogens is 244 g/mol. The number of thiazole rings is 1. The maximum Gasteiger partial charge on any atom is 0.129 e. The highest BCUT2D eigenvalue weighted by atomic mass is 32.1. The van der Waals surface area contributed by atoms with Crippen LogP contribution in [0.15, 0.2) is 24.3 Å². The van der Waals surface area contributed by atoms with E-state index in [0.717, 1.165) is 16.3 Å². The Morgan fingerprint density at radius 2 is 2.17 bits per heavy atom. The van der Waals surface area contributed by atoms with Crippen molar-refractivity contribution in [3.63, 3.8) is 0 Å². The van der Waals surface area contributed by atoms with Crippen molar-refractivity contribution in [1.82, 2.24) is 4.98 Å². The van der Waals surface area contributed by atoms with E-state index in [4.69, 9.17) is 15.5 Å². The van der Waals surface area contributed by atoms with Crippen LogP contribution < -0.4 is 10.5 Å². The minimum atomic E-state index is 0.582. The van der Waals surface area contributed by atoms with Crippen LogP contribution >= 0.6 is 11.3 Å². The third-order valence-corrected chi connectivity index (χ3v) is 4.34. The Morgan fingerprint density at radius 1 is 1.39 bits per heavy atom. The zero-order valence-corrected chi connectivity index (χ0v) is 11.2. The van der Waals surface area contributed by atoms with Crippen molar-refractivity contribution in [3.05, 3.63) is 34.8 Å². The fraction of sp³-hybridized carbons (Fsp3) is 0.357. The van der Waals surface area contributed by atoms with Crippen molar-refractivity contribution >= 4 is 11.3 Å². The second kappa shape index (κ2) is 4.71. The van der Waals surface area contributed by atoms with Gasteiger partial charge in [0.15, 0.2) is 0 Å². The Balaban J connectivity index is 2.05. The largest absolute Gasteiger partial charge is 0.496 e. The Kier molecular flexibility index (Phi) is 3.06. The van der Waals surface area contributed by atoms with Crippen molar-refractivity contribution in [2.24, 2.45) is 5.73 Å². The van der Waals surface area contributed by atoms with Crippen LogP contribution in [-0.2, 0) is 6.54 Å². The van der Waals surface area contributed by atoms with E-state index in [1.165, 1.54) is 23.4 Å². The third kappa shape index (κ3) is 2.02. The minimum absolute atomic E-state index is 0.582. The summed E-state index contributed by atoms with van der Waals surface area (Å²) < 4.78 is 5.39. The van der Waals surface area contributed by atoms with Gasteiger partial charge in [0, 0.05) is 17.3 Å². The first-order valence-electron chi connectivity index (χ1n) is 6.16. The lowest BCUT2D eigenvalue weighted by atomic mass is 10.2. The van der Waals surface area contributed by atoms with Gasteiger partial charge >= 0.3 is 0 Å². The number of ether oxygens (including phenoxy) is 1. The molecule has 1 saturated carbocycles. The number of aromatic nitrogens is 1.